The maximum atomic E-state index is 12.5. The van der Waals surface area contributed by atoms with Crippen molar-refractivity contribution in [1.82, 2.24) is 14.5 Å². The number of likely N-dealkylation sites (N-methyl/N-ethyl adjacent to an activating group) is 1. The Morgan fingerprint density at radius 3 is 2.52 bits per heavy atom. The number of nitro benzene ring substituents is 1. The largest absolute Gasteiger partial charge is 0.339 e. The summed E-state index contributed by atoms with van der Waals surface area (Å²) < 4.78 is 26.0. The molecule has 2 rings (SSSR count). The Hall–Kier alpha value is -1.46. The van der Waals surface area contributed by atoms with Crippen molar-refractivity contribution in [3.63, 3.8) is 0 Å². The van der Waals surface area contributed by atoms with E-state index < -0.39 is 14.9 Å². The molecule has 0 saturated carbocycles. The summed E-state index contributed by atoms with van der Waals surface area (Å²) >= 11 is 5.87. The number of non-ortho nitro benzene ring substituents is 1. The van der Waals surface area contributed by atoms with Crippen LogP contribution in [0.5, 0.6) is 0 Å². The van der Waals surface area contributed by atoms with Crippen molar-refractivity contribution in [2.24, 2.45) is 0 Å². The second-order valence-electron chi connectivity index (χ2n) is 5.26. The summed E-state index contributed by atoms with van der Waals surface area (Å²) in [5.41, 5.74) is -0.307. The quantitative estimate of drug-likeness (QED) is 0.562. The molecule has 0 aliphatic carbocycles. The van der Waals surface area contributed by atoms with Crippen LogP contribution in [0.1, 0.15) is 0 Å². The summed E-state index contributed by atoms with van der Waals surface area (Å²) in [6.07, 6.45) is 0. The second-order valence-corrected chi connectivity index (χ2v) is 7.68. The lowest BCUT2D eigenvalue weighted by Crippen LogP contribution is -2.49. The molecule has 1 heterocycles. The minimum Gasteiger partial charge on any atom is -0.339 e. The van der Waals surface area contributed by atoms with Gasteiger partial charge in [-0.2, -0.15) is 4.31 Å². The molecule has 140 valence electrons. The zero-order valence-electron chi connectivity index (χ0n) is 13.3. The highest BCUT2D eigenvalue weighted by Crippen LogP contribution is 2.28. The topological polar surface area (TPSA) is 113 Å². The van der Waals surface area contributed by atoms with Gasteiger partial charge in [0.2, 0.25) is 15.9 Å². The predicted molar refractivity (Wildman–Crippen MR) is 94.6 cm³/mol. The number of hydrogen-bond donors (Lipinski definition) is 1. The molecule has 0 aromatic heterocycles. The Bertz CT molecular complexity index is 753. The minimum atomic E-state index is -4.03. The standard InChI is InChI=1S/C13H17ClN4O5S.ClH/c1-16(9-13(19)17-6-4-15-5-7-17)24(22,23)12-3-2-10(18(20)21)8-11(12)14;/h2-3,8,15H,4-7,9H2,1H3;1H. The van der Waals surface area contributed by atoms with E-state index in [-0.39, 0.29) is 40.5 Å². The number of benzene rings is 1. The third kappa shape index (κ3) is 5.02. The van der Waals surface area contributed by atoms with Gasteiger partial charge in [0.1, 0.15) is 4.90 Å². The predicted octanol–water partition coefficient (Wildman–Crippen LogP) is 0.722. The van der Waals surface area contributed by atoms with Crippen LogP contribution >= 0.6 is 24.0 Å². The van der Waals surface area contributed by atoms with Crippen molar-refractivity contribution in [3.05, 3.63) is 33.3 Å². The first-order valence-electron chi connectivity index (χ1n) is 7.12. The summed E-state index contributed by atoms with van der Waals surface area (Å²) in [6.45, 7) is 2.04. The van der Waals surface area contributed by atoms with Crippen molar-refractivity contribution in [2.75, 3.05) is 39.8 Å². The van der Waals surface area contributed by atoms with Crippen LogP contribution < -0.4 is 5.32 Å². The van der Waals surface area contributed by atoms with Crippen LogP contribution in [-0.4, -0.2) is 68.2 Å². The van der Waals surface area contributed by atoms with E-state index in [0.717, 1.165) is 22.5 Å². The van der Waals surface area contributed by atoms with Crippen molar-refractivity contribution in [2.45, 2.75) is 4.90 Å². The van der Waals surface area contributed by atoms with E-state index in [2.05, 4.69) is 5.32 Å². The van der Waals surface area contributed by atoms with Crippen LogP contribution in [0.25, 0.3) is 0 Å². The number of nitrogens with zero attached hydrogens (tertiary/aromatic N) is 3. The van der Waals surface area contributed by atoms with Gasteiger partial charge in [0, 0.05) is 45.4 Å². The normalized spacial score (nSPS) is 14.9. The van der Waals surface area contributed by atoms with E-state index in [1.807, 2.05) is 0 Å². The monoisotopic (exact) mass is 412 g/mol. The maximum Gasteiger partial charge on any atom is 0.271 e. The first-order chi connectivity index (χ1) is 11.2. The fourth-order valence-corrected chi connectivity index (χ4v) is 3.90. The first kappa shape index (κ1) is 21.6. The molecular weight excluding hydrogens is 395 g/mol. The average Bonchev–Trinajstić information content (AvgIpc) is 2.55. The lowest BCUT2D eigenvalue weighted by Gasteiger charge is -2.29. The van der Waals surface area contributed by atoms with Gasteiger partial charge >= 0.3 is 0 Å². The minimum absolute atomic E-state index is 0. The van der Waals surface area contributed by atoms with E-state index in [1.54, 1.807) is 4.90 Å². The third-order valence-corrected chi connectivity index (χ3v) is 5.93. The highest BCUT2D eigenvalue weighted by atomic mass is 35.5. The molecule has 0 atom stereocenters. The fourth-order valence-electron chi connectivity index (χ4n) is 2.27. The zero-order valence-corrected chi connectivity index (χ0v) is 15.7. The van der Waals surface area contributed by atoms with Crippen LogP contribution in [-0.2, 0) is 14.8 Å². The summed E-state index contributed by atoms with van der Waals surface area (Å²) in [5.74, 6) is -0.305. The summed E-state index contributed by atoms with van der Waals surface area (Å²) in [6, 6.07) is 3.10. The number of carbonyl (C=O) groups is 1. The van der Waals surface area contributed by atoms with Gasteiger partial charge in [-0.3, -0.25) is 14.9 Å². The van der Waals surface area contributed by atoms with Crippen molar-refractivity contribution in [1.29, 1.82) is 0 Å². The lowest BCUT2D eigenvalue weighted by molar-refractivity contribution is -0.384. The molecular formula is C13H18Cl2N4O5S. The van der Waals surface area contributed by atoms with E-state index in [9.17, 15) is 23.3 Å². The molecule has 1 amide bonds. The summed E-state index contributed by atoms with van der Waals surface area (Å²) in [5, 5.41) is 13.5. The molecule has 25 heavy (non-hydrogen) atoms. The van der Waals surface area contributed by atoms with Gasteiger partial charge in [-0.1, -0.05) is 11.6 Å². The van der Waals surface area contributed by atoms with E-state index >= 15 is 0 Å². The number of sulfonamides is 1. The molecule has 0 unspecified atom stereocenters. The highest BCUT2D eigenvalue weighted by molar-refractivity contribution is 7.89. The second kappa shape index (κ2) is 8.77. The molecule has 1 aliphatic rings. The summed E-state index contributed by atoms with van der Waals surface area (Å²) in [7, 11) is -2.76. The molecule has 1 saturated heterocycles. The number of hydrogen-bond acceptors (Lipinski definition) is 6. The van der Waals surface area contributed by atoms with Crippen molar-refractivity contribution >= 4 is 45.6 Å². The van der Waals surface area contributed by atoms with Crippen LogP contribution in [0, 0.1) is 10.1 Å². The first-order valence-corrected chi connectivity index (χ1v) is 8.94. The smallest absolute Gasteiger partial charge is 0.271 e. The Morgan fingerprint density at radius 2 is 2.00 bits per heavy atom. The average molecular weight is 413 g/mol. The molecule has 12 heteroatoms. The van der Waals surface area contributed by atoms with E-state index in [1.165, 1.54) is 7.05 Å². The fraction of sp³-hybridized carbons (Fsp3) is 0.462. The van der Waals surface area contributed by atoms with E-state index in [0.29, 0.717) is 26.2 Å². The Balaban J connectivity index is 0.00000312. The highest BCUT2D eigenvalue weighted by Gasteiger charge is 2.28. The number of nitrogens with one attached hydrogen (secondary N) is 1. The van der Waals surface area contributed by atoms with Crippen LogP contribution in [0.4, 0.5) is 5.69 Å². The van der Waals surface area contributed by atoms with Crippen LogP contribution in [0.2, 0.25) is 5.02 Å². The Labute approximate surface area is 156 Å². The van der Waals surface area contributed by atoms with Gasteiger partial charge < -0.3 is 10.2 Å². The van der Waals surface area contributed by atoms with Gasteiger partial charge in [-0.15, -0.1) is 12.4 Å². The van der Waals surface area contributed by atoms with E-state index in [4.69, 9.17) is 11.6 Å². The van der Waals surface area contributed by atoms with Gasteiger partial charge in [0.15, 0.2) is 0 Å². The van der Waals surface area contributed by atoms with Gasteiger partial charge in [-0.25, -0.2) is 8.42 Å². The Morgan fingerprint density at radius 1 is 1.40 bits per heavy atom. The van der Waals surface area contributed by atoms with Crippen LogP contribution in [0.3, 0.4) is 0 Å². The molecule has 1 fully saturated rings. The van der Waals surface area contributed by atoms with Crippen molar-refractivity contribution in [3.8, 4) is 0 Å². The molecule has 1 aliphatic heterocycles. The third-order valence-electron chi connectivity index (χ3n) is 3.64. The molecule has 9 nitrogen and oxygen atoms in total. The number of piperazine rings is 1. The Kier molecular flexibility index (Phi) is 7.57. The van der Waals surface area contributed by atoms with Gasteiger partial charge in [0.05, 0.1) is 16.5 Å². The zero-order chi connectivity index (χ0) is 17.9. The van der Waals surface area contributed by atoms with Crippen molar-refractivity contribution < 1.29 is 18.1 Å². The molecule has 0 spiro atoms. The summed E-state index contributed by atoms with van der Waals surface area (Å²) in [4.78, 5) is 23.5. The molecule has 1 aromatic rings. The number of halogens is 2. The maximum absolute atomic E-state index is 12.5. The number of nitro groups is 1. The molecule has 0 bridgehead atoms. The molecule has 1 aromatic carbocycles. The van der Waals surface area contributed by atoms with Crippen LogP contribution in [0.15, 0.2) is 23.1 Å². The van der Waals surface area contributed by atoms with Gasteiger partial charge in [0.25, 0.3) is 5.69 Å². The van der Waals surface area contributed by atoms with Gasteiger partial charge in [-0.05, 0) is 6.07 Å². The number of rotatable bonds is 5. The SMILES string of the molecule is CN(CC(=O)N1CCNCC1)S(=O)(=O)c1ccc([N+](=O)[O-])cc1Cl.Cl. The molecule has 0 radical (unpaired) electrons. The lowest BCUT2D eigenvalue weighted by atomic mass is 10.3. The molecule has 1 N–H and O–H groups in total. The number of amides is 1. The number of carbonyl (C=O) groups excluding carboxylic acids is 1.